The number of hydrogen-bond donors (Lipinski definition) is 2. The highest BCUT2D eigenvalue weighted by atomic mass is 16.5. The second-order valence-corrected chi connectivity index (χ2v) is 4.25. The lowest BCUT2D eigenvalue weighted by Gasteiger charge is -2.12. The first-order valence-corrected chi connectivity index (χ1v) is 6.29. The maximum Gasteiger partial charge on any atom is 0.338 e. The second-order valence-electron chi connectivity index (χ2n) is 4.25. The predicted octanol–water partition coefficient (Wildman–Crippen LogP) is 0.834. The van der Waals surface area contributed by atoms with Gasteiger partial charge >= 0.3 is 12.0 Å². The van der Waals surface area contributed by atoms with Crippen LogP contribution >= 0.6 is 0 Å². The van der Waals surface area contributed by atoms with E-state index in [1.165, 1.54) is 14.0 Å². The van der Waals surface area contributed by atoms with Gasteiger partial charge in [0.2, 0.25) is 0 Å². The lowest BCUT2D eigenvalue weighted by molar-refractivity contribution is -0.127. The maximum atomic E-state index is 11.9. The van der Waals surface area contributed by atoms with Gasteiger partial charge in [0.25, 0.3) is 5.91 Å². The normalized spacial score (nSPS) is 11.4. The zero-order valence-corrected chi connectivity index (χ0v) is 12.1. The summed E-state index contributed by atoms with van der Waals surface area (Å²) in [7, 11) is 2.95. The van der Waals surface area contributed by atoms with Crippen LogP contribution in [-0.4, -0.2) is 38.2 Å². The molecule has 0 fully saturated rings. The lowest BCUT2D eigenvalue weighted by atomic mass is 10.1. The number of carbonyl (C=O) groups excluding carboxylic acids is 3. The van der Waals surface area contributed by atoms with Crippen LogP contribution < -0.4 is 10.6 Å². The number of methoxy groups -OCH3 is 1. The number of esters is 1. The van der Waals surface area contributed by atoms with Crippen molar-refractivity contribution in [2.45, 2.75) is 19.6 Å². The van der Waals surface area contributed by atoms with Crippen LogP contribution in [0.15, 0.2) is 24.3 Å². The van der Waals surface area contributed by atoms with E-state index < -0.39 is 24.0 Å². The van der Waals surface area contributed by atoms with Crippen LogP contribution in [0, 0.1) is 0 Å². The van der Waals surface area contributed by atoms with Gasteiger partial charge in [0.1, 0.15) is 0 Å². The molecular formula is C14H18N2O5. The third-order valence-electron chi connectivity index (χ3n) is 2.62. The van der Waals surface area contributed by atoms with Crippen molar-refractivity contribution < 1.29 is 23.9 Å². The van der Waals surface area contributed by atoms with E-state index in [0.29, 0.717) is 12.2 Å². The van der Waals surface area contributed by atoms with Crippen molar-refractivity contribution >= 4 is 17.9 Å². The highest BCUT2D eigenvalue weighted by Gasteiger charge is 2.20. The molecular weight excluding hydrogens is 276 g/mol. The molecule has 114 valence electrons. The SMILES string of the molecule is CNC(=O)NC(=O)[C@@H](C)OC(=O)c1ccc(COC)cc1. The van der Waals surface area contributed by atoms with Gasteiger partial charge in [0.15, 0.2) is 6.10 Å². The Balaban J connectivity index is 2.59. The summed E-state index contributed by atoms with van der Waals surface area (Å²) in [4.78, 5) is 34.4. The van der Waals surface area contributed by atoms with E-state index in [2.05, 4.69) is 5.32 Å². The number of imide groups is 1. The zero-order valence-electron chi connectivity index (χ0n) is 12.1. The highest BCUT2D eigenvalue weighted by Crippen LogP contribution is 2.08. The number of nitrogens with one attached hydrogen (secondary N) is 2. The van der Waals surface area contributed by atoms with Gasteiger partial charge in [-0.2, -0.15) is 0 Å². The Kier molecular flexibility index (Phi) is 6.35. The molecule has 0 aliphatic heterocycles. The molecule has 0 bridgehead atoms. The number of ether oxygens (including phenoxy) is 2. The average Bonchev–Trinajstić information content (AvgIpc) is 2.47. The van der Waals surface area contributed by atoms with E-state index in [1.54, 1.807) is 31.4 Å². The van der Waals surface area contributed by atoms with Gasteiger partial charge in [-0.1, -0.05) is 12.1 Å². The molecule has 0 aromatic heterocycles. The van der Waals surface area contributed by atoms with E-state index in [4.69, 9.17) is 9.47 Å². The van der Waals surface area contributed by atoms with Crippen molar-refractivity contribution in [3.8, 4) is 0 Å². The fraction of sp³-hybridized carbons (Fsp3) is 0.357. The number of carbonyl (C=O) groups is 3. The van der Waals surface area contributed by atoms with Gasteiger partial charge in [-0.3, -0.25) is 10.1 Å². The molecule has 1 rings (SSSR count). The summed E-state index contributed by atoms with van der Waals surface area (Å²) in [6, 6.07) is 5.97. The Morgan fingerprint density at radius 3 is 2.33 bits per heavy atom. The molecule has 7 nitrogen and oxygen atoms in total. The molecule has 0 heterocycles. The van der Waals surface area contributed by atoms with Crippen molar-refractivity contribution in [2.75, 3.05) is 14.2 Å². The van der Waals surface area contributed by atoms with Crippen LogP contribution in [0.3, 0.4) is 0 Å². The van der Waals surface area contributed by atoms with Gasteiger partial charge in [-0.15, -0.1) is 0 Å². The van der Waals surface area contributed by atoms with Gasteiger partial charge in [0.05, 0.1) is 12.2 Å². The summed E-state index contributed by atoms with van der Waals surface area (Å²) in [5.41, 5.74) is 1.23. The number of hydrogen-bond acceptors (Lipinski definition) is 5. The smallest absolute Gasteiger partial charge is 0.338 e. The molecule has 0 radical (unpaired) electrons. The summed E-state index contributed by atoms with van der Waals surface area (Å²) in [6.45, 7) is 1.83. The Bertz CT molecular complexity index is 513. The summed E-state index contributed by atoms with van der Waals surface area (Å²) < 4.78 is 9.95. The third kappa shape index (κ3) is 5.23. The first-order valence-electron chi connectivity index (χ1n) is 6.29. The maximum absolute atomic E-state index is 11.9. The summed E-state index contributed by atoms with van der Waals surface area (Å²) >= 11 is 0. The molecule has 2 N–H and O–H groups in total. The van der Waals surface area contributed by atoms with Gasteiger partial charge in [-0.25, -0.2) is 9.59 Å². The molecule has 0 aliphatic carbocycles. The monoisotopic (exact) mass is 294 g/mol. The summed E-state index contributed by atoms with van der Waals surface area (Å²) in [5.74, 6) is -1.34. The molecule has 0 saturated carbocycles. The number of benzene rings is 1. The lowest BCUT2D eigenvalue weighted by Crippen LogP contribution is -2.43. The van der Waals surface area contributed by atoms with Crippen molar-refractivity contribution in [3.05, 3.63) is 35.4 Å². The molecule has 21 heavy (non-hydrogen) atoms. The fourth-order valence-electron chi connectivity index (χ4n) is 1.46. The van der Waals surface area contributed by atoms with Crippen LogP contribution in [0.25, 0.3) is 0 Å². The standard InChI is InChI=1S/C14H18N2O5/c1-9(12(17)16-14(19)15-2)21-13(18)11-6-4-10(5-7-11)8-20-3/h4-7,9H,8H2,1-3H3,(H2,15,16,17,19)/t9-/m1/s1. The Hall–Kier alpha value is -2.41. The van der Waals surface area contributed by atoms with Crippen molar-refractivity contribution in [2.24, 2.45) is 0 Å². The van der Waals surface area contributed by atoms with Crippen LogP contribution in [0.1, 0.15) is 22.8 Å². The van der Waals surface area contributed by atoms with E-state index in [0.717, 1.165) is 5.56 Å². The van der Waals surface area contributed by atoms with Crippen LogP contribution in [0.5, 0.6) is 0 Å². The van der Waals surface area contributed by atoms with Crippen molar-refractivity contribution in [1.29, 1.82) is 0 Å². The largest absolute Gasteiger partial charge is 0.449 e. The van der Waals surface area contributed by atoms with Crippen molar-refractivity contribution in [3.63, 3.8) is 0 Å². The topological polar surface area (TPSA) is 93.7 Å². The quantitative estimate of drug-likeness (QED) is 0.785. The van der Waals surface area contributed by atoms with Crippen LogP contribution in [0.2, 0.25) is 0 Å². The molecule has 0 unspecified atom stereocenters. The molecule has 0 spiro atoms. The van der Waals surface area contributed by atoms with Gasteiger partial charge in [-0.05, 0) is 24.6 Å². The van der Waals surface area contributed by atoms with Gasteiger partial charge in [0, 0.05) is 14.2 Å². The molecule has 1 aromatic rings. The third-order valence-corrected chi connectivity index (χ3v) is 2.62. The molecule has 0 aliphatic rings. The average molecular weight is 294 g/mol. The summed E-state index contributed by atoms with van der Waals surface area (Å²) in [5, 5.41) is 4.26. The molecule has 7 heteroatoms. The minimum absolute atomic E-state index is 0.314. The second kappa shape index (κ2) is 8.01. The van der Waals surface area contributed by atoms with Crippen LogP contribution in [0.4, 0.5) is 4.79 Å². The molecule has 1 aromatic carbocycles. The van der Waals surface area contributed by atoms with E-state index >= 15 is 0 Å². The van der Waals surface area contributed by atoms with Crippen LogP contribution in [-0.2, 0) is 20.9 Å². The first kappa shape index (κ1) is 16.6. The summed E-state index contributed by atoms with van der Waals surface area (Å²) in [6.07, 6.45) is -1.08. The molecule has 1 atom stereocenters. The van der Waals surface area contributed by atoms with E-state index in [-0.39, 0.29) is 0 Å². The number of rotatable bonds is 5. The number of urea groups is 1. The van der Waals surface area contributed by atoms with Crippen molar-refractivity contribution in [1.82, 2.24) is 10.6 Å². The Morgan fingerprint density at radius 2 is 1.81 bits per heavy atom. The van der Waals surface area contributed by atoms with Gasteiger partial charge < -0.3 is 14.8 Å². The number of amides is 3. The Morgan fingerprint density at radius 1 is 1.19 bits per heavy atom. The fourth-order valence-corrected chi connectivity index (χ4v) is 1.46. The van der Waals surface area contributed by atoms with E-state index in [9.17, 15) is 14.4 Å². The predicted molar refractivity (Wildman–Crippen MR) is 74.6 cm³/mol. The zero-order chi connectivity index (χ0) is 15.8. The first-order chi connectivity index (χ1) is 9.97. The molecule has 3 amide bonds. The molecule has 0 saturated heterocycles. The van der Waals surface area contributed by atoms with E-state index in [1.807, 2.05) is 5.32 Å². The highest BCUT2D eigenvalue weighted by molar-refractivity contribution is 5.98. The minimum atomic E-state index is -1.08. The minimum Gasteiger partial charge on any atom is -0.449 e. The Labute approximate surface area is 122 Å².